The number of aryl methyl sites for hydroxylation is 1. The maximum Gasteiger partial charge on any atom is 0.346 e. The molecule has 194 valence electrons. The molecule has 4 rings (SSSR count). The van der Waals surface area contributed by atoms with Crippen LogP contribution in [0.5, 0.6) is 0 Å². The molecule has 0 radical (unpaired) electrons. The predicted octanol–water partition coefficient (Wildman–Crippen LogP) is 5.79. The first-order chi connectivity index (χ1) is 18.8. The van der Waals surface area contributed by atoms with Gasteiger partial charge in [0, 0.05) is 17.1 Å². The summed E-state index contributed by atoms with van der Waals surface area (Å²) in [5, 5.41) is 18.2. The van der Waals surface area contributed by atoms with Crippen molar-refractivity contribution in [3.8, 4) is 6.07 Å². The standard InChI is InChI=1S/C29H21N3O5S2/c1-19-2-8-23(9-3-19)32(24-10-4-20(5-11-24)14-22(16-30)28(35)36)25-12-6-21(7-13-25)15-26-27(34)31(17-37-18-33)29(38)39-26/h2-15,18H,17H2,1H3,(H,35,36)/b22-14-,26-15-. The molecular weight excluding hydrogens is 534 g/mol. The molecule has 3 aromatic rings. The fourth-order valence-electron chi connectivity index (χ4n) is 3.76. The number of anilines is 3. The Bertz CT molecular complexity index is 1520. The SMILES string of the molecule is Cc1ccc(N(c2ccc(/C=C(/C#N)C(=O)O)cc2)c2ccc(/C=C3\SC(=S)N(COC=O)C3=O)cc2)cc1. The molecule has 1 aliphatic rings. The molecule has 0 saturated carbocycles. The van der Waals surface area contributed by atoms with Gasteiger partial charge in [-0.2, -0.15) is 5.26 Å². The van der Waals surface area contributed by atoms with E-state index in [1.165, 1.54) is 11.0 Å². The number of thiocarbonyl (C=S) groups is 1. The first-order valence-electron chi connectivity index (χ1n) is 11.5. The van der Waals surface area contributed by atoms with Gasteiger partial charge >= 0.3 is 5.97 Å². The number of carbonyl (C=O) groups excluding carboxylic acids is 2. The summed E-state index contributed by atoms with van der Waals surface area (Å²) in [6.45, 7) is 2.05. The molecule has 0 unspecified atom stereocenters. The summed E-state index contributed by atoms with van der Waals surface area (Å²) < 4.78 is 5.00. The molecule has 0 aliphatic carbocycles. The van der Waals surface area contributed by atoms with E-state index in [4.69, 9.17) is 22.6 Å². The summed E-state index contributed by atoms with van der Waals surface area (Å²) in [5.74, 6) is -1.60. The second kappa shape index (κ2) is 12.2. The summed E-state index contributed by atoms with van der Waals surface area (Å²) in [6.07, 6.45) is 3.06. The zero-order valence-corrected chi connectivity index (χ0v) is 22.2. The van der Waals surface area contributed by atoms with E-state index in [-0.39, 0.29) is 24.7 Å². The average Bonchev–Trinajstić information content (AvgIpc) is 3.20. The number of amides is 1. The number of rotatable bonds is 9. The highest BCUT2D eigenvalue weighted by atomic mass is 32.2. The zero-order chi connectivity index (χ0) is 27.9. The highest BCUT2D eigenvalue weighted by Crippen LogP contribution is 2.36. The molecule has 1 amide bonds. The summed E-state index contributed by atoms with van der Waals surface area (Å²) in [4.78, 5) is 38.0. The lowest BCUT2D eigenvalue weighted by Crippen LogP contribution is -2.30. The van der Waals surface area contributed by atoms with Crippen molar-refractivity contribution in [3.63, 3.8) is 0 Å². The van der Waals surface area contributed by atoms with Crippen molar-refractivity contribution >= 4 is 75.9 Å². The Balaban J connectivity index is 1.65. The smallest absolute Gasteiger partial charge is 0.346 e. The molecule has 8 nitrogen and oxygen atoms in total. The fraction of sp³-hybridized carbons (Fsp3) is 0.0690. The molecule has 10 heteroatoms. The molecule has 1 aliphatic heterocycles. The van der Waals surface area contributed by atoms with Crippen molar-refractivity contribution < 1.29 is 24.2 Å². The maximum atomic E-state index is 12.6. The number of carboxylic acid groups (broad SMARTS) is 1. The minimum Gasteiger partial charge on any atom is -0.477 e. The number of hydrogen-bond acceptors (Lipinski definition) is 8. The van der Waals surface area contributed by atoms with Crippen LogP contribution in [-0.4, -0.2) is 39.4 Å². The first-order valence-corrected chi connectivity index (χ1v) is 12.8. The Hall–Kier alpha value is -4.72. The Kier molecular flexibility index (Phi) is 8.56. The zero-order valence-electron chi connectivity index (χ0n) is 20.6. The van der Waals surface area contributed by atoms with Gasteiger partial charge < -0.3 is 14.7 Å². The second-order valence-electron chi connectivity index (χ2n) is 8.33. The molecule has 1 N–H and O–H groups in total. The highest BCUT2D eigenvalue weighted by Gasteiger charge is 2.32. The van der Waals surface area contributed by atoms with E-state index < -0.39 is 5.97 Å². The monoisotopic (exact) mass is 555 g/mol. The van der Waals surface area contributed by atoms with Crippen molar-refractivity contribution in [1.82, 2.24) is 4.90 Å². The van der Waals surface area contributed by atoms with Crippen molar-refractivity contribution in [3.05, 3.63) is 100.0 Å². The number of thioether (sulfide) groups is 1. The van der Waals surface area contributed by atoms with Gasteiger partial charge in [-0.25, -0.2) is 4.79 Å². The van der Waals surface area contributed by atoms with Gasteiger partial charge in [-0.1, -0.05) is 65.9 Å². The summed E-state index contributed by atoms with van der Waals surface area (Å²) in [5.41, 5.74) is 4.74. The van der Waals surface area contributed by atoms with Crippen molar-refractivity contribution in [1.29, 1.82) is 5.26 Å². The number of benzene rings is 3. The third-order valence-corrected chi connectivity index (χ3v) is 7.08. The normalized spacial score (nSPS) is 14.3. The lowest BCUT2D eigenvalue weighted by Gasteiger charge is -2.26. The predicted molar refractivity (Wildman–Crippen MR) is 154 cm³/mol. The van der Waals surface area contributed by atoms with Crippen LogP contribution in [0.15, 0.2) is 83.3 Å². The molecule has 3 aromatic carbocycles. The van der Waals surface area contributed by atoms with E-state index in [9.17, 15) is 14.4 Å². The minimum atomic E-state index is -1.28. The summed E-state index contributed by atoms with van der Waals surface area (Å²) in [7, 11) is 0. The number of ether oxygens (including phenoxy) is 1. The third kappa shape index (κ3) is 6.41. The third-order valence-electron chi connectivity index (χ3n) is 5.70. The van der Waals surface area contributed by atoms with Gasteiger partial charge in [-0.3, -0.25) is 14.5 Å². The van der Waals surface area contributed by atoms with E-state index in [1.54, 1.807) is 24.3 Å². The number of carbonyl (C=O) groups is 3. The van der Waals surface area contributed by atoms with Crippen molar-refractivity contribution in [2.24, 2.45) is 0 Å². The lowest BCUT2D eigenvalue weighted by molar-refractivity contribution is -0.136. The summed E-state index contributed by atoms with van der Waals surface area (Å²) >= 11 is 6.37. The molecule has 0 bridgehead atoms. The molecule has 0 atom stereocenters. The Labute approximate surface area is 234 Å². The number of nitriles is 1. The highest BCUT2D eigenvalue weighted by molar-refractivity contribution is 8.26. The van der Waals surface area contributed by atoms with E-state index in [2.05, 4.69) is 4.74 Å². The van der Waals surface area contributed by atoms with E-state index >= 15 is 0 Å². The van der Waals surface area contributed by atoms with Gasteiger partial charge in [0.1, 0.15) is 11.6 Å². The largest absolute Gasteiger partial charge is 0.477 e. The quantitative estimate of drug-likeness (QED) is 0.152. The molecular formula is C29H21N3O5S2. The maximum absolute atomic E-state index is 12.6. The topological polar surface area (TPSA) is 111 Å². The molecule has 0 spiro atoms. The van der Waals surface area contributed by atoms with Crippen LogP contribution < -0.4 is 4.90 Å². The van der Waals surface area contributed by atoms with Crippen LogP contribution in [0.3, 0.4) is 0 Å². The van der Waals surface area contributed by atoms with Crippen molar-refractivity contribution in [2.45, 2.75) is 6.92 Å². The van der Waals surface area contributed by atoms with Crippen LogP contribution >= 0.6 is 24.0 Å². The van der Waals surface area contributed by atoms with Crippen LogP contribution in [0.1, 0.15) is 16.7 Å². The van der Waals surface area contributed by atoms with Gasteiger partial charge in [0.25, 0.3) is 12.4 Å². The van der Waals surface area contributed by atoms with Gasteiger partial charge in [0.15, 0.2) is 11.1 Å². The van der Waals surface area contributed by atoms with E-state index in [0.717, 1.165) is 40.0 Å². The lowest BCUT2D eigenvalue weighted by atomic mass is 10.1. The number of aliphatic carboxylic acids is 1. The first kappa shape index (κ1) is 27.3. The van der Waals surface area contributed by atoms with Gasteiger partial charge in [0.2, 0.25) is 0 Å². The average molecular weight is 556 g/mol. The van der Waals surface area contributed by atoms with Gasteiger partial charge in [-0.05, 0) is 66.6 Å². The van der Waals surface area contributed by atoms with Crippen LogP contribution in [0.4, 0.5) is 17.1 Å². The Morgan fingerprint density at radius 3 is 2.08 bits per heavy atom. The molecule has 1 heterocycles. The second-order valence-corrected chi connectivity index (χ2v) is 10.0. The van der Waals surface area contributed by atoms with E-state index in [0.29, 0.717) is 14.8 Å². The molecule has 1 fully saturated rings. The molecule has 0 aromatic heterocycles. The number of carboxylic acids is 1. The van der Waals surface area contributed by atoms with Crippen molar-refractivity contribution in [2.75, 3.05) is 11.6 Å². The molecule has 39 heavy (non-hydrogen) atoms. The Morgan fingerprint density at radius 1 is 1.03 bits per heavy atom. The fourth-order valence-corrected chi connectivity index (χ4v) is 4.99. The Morgan fingerprint density at radius 2 is 1.56 bits per heavy atom. The van der Waals surface area contributed by atoms with Crippen LogP contribution in [0.25, 0.3) is 12.2 Å². The minimum absolute atomic E-state index is 0.224. The van der Waals surface area contributed by atoms with Crippen LogP contribution in [-0.2, 0) is 19.1 Å². The van der Waals surface area contributed by atoms with Gasteiger partial charge in [-0.15, -0.1) is 0 Å². The van der Waals surface area contributed by atoms with Crippen LogP contribution in [0, 0.1) is 18.3 Å². The number of nitrogens with zero attached hydrogens (tertiary/aromatic N) is 3. The molecule has 1 saturated heterocycles. The van der Waals surface area contributed by atoms with Gasteiger partial charge in [0.05, 0.1) is 4.91 Å². The number of hydrogen-bond donors (Lipinski definition) is 1. The van der Waals surface area contributed by atoms with Crippen LogP contribution in [0.2, 0.25) is 0 Å². The summed E-state index contributed by atoms with van der Waals surface area (Å²) in [6, 6.07) is 24.5. The van der Waals surface area contributed by atoms with E-state index in [1.807, 2.05) is 72.5 Å².